The maximum atomic E-state index is 13.4. The molecule has 0 fully saturated rings. The molecule has 0 spiro atoms. The molecule has 0 unspecified atom stereocenters. The minimum absolute atomic E-state index is 0.331. The molecule has 0 aliphatic heterocycles. The highest BCUT2D eigenvalue weighted by atomic mass is 79.9. The molecule has 0 radical (unpaired) electrons. The van der Waals surface area contributed by atoms with Gasteiger partial charge in [0.15, 0.2) is 5.82 Å². The molecule has 0 amide bonds. The van der Waals surface area contributed by atoms with Crippen LogP contribution in [0.15, 0.2) is 34.9 Å². The number of halogens is 2. The second-order valence-electron chi connectivity index (χ2n) is 3.85. The summed E-state index contributed by atoms with van der Waals surface area (Å²) < 4.78 is 13.8. The zero-order valence-corrected chi connectivity index (χ0v) is 10.7. The Kier molecular flexibility index (Phi) is 2.52. The molecule has 0 atom stereocenters. The molecule has 3 aromatic rings. The van der Waals surface area contributed by atoms with E-state index >= 15 is 0 Å². The van der Waals surface area contributed by atoms with E-state index in [1.807, 2.05) is 0 Å². The van der Waals surface area contributed by atoms with E-state index in [2.05, 4.69) is 30.9 Å². The highest BCUT2D eigenvalue weighted by Crippen LogP contribution is 2.24. The predicted octanol–water partition coefficient (Wildman–Crippen LogP) is 3.11. The van der Waals surface area contributed by atoms with Gasteiger partial charge in [-0.05, 0) is 34.1 Å². The van der Waals surface area contributed by atoms with Crippen molar-refractivity contribution in [2.75, 3.05) is 5.73 Å². The predicted molar refractivity (Wildman–Crippen MR) is 71.4 cm³/mol. The van der Waals surface area contributed by atoms with Crippen molar-refractivity contribution < 1.29 is 4.39 Å². The van der Waals surface area contributed by atoms with Crippen LogP contribution in [-0.4, -0.2) is 15.0 Å². The molecule has 18 heavy (non-hydrogen) atoms. The van der Waals surface area contributed by atoms with Crippen LogP contribution in [0.1, 0.15) is 0 Å². The monoisotopic (exact) mass is 306 g/mol. The number of pyridine rings is 1. The molecule has 0 saturated carbocycles. The summed E-state index contributed by atoms with van der Waals surface area (Å²) in [5, 5.41) is 0. The average Bonchev–Trinajstić information content (AvgIpc) is 2.73. The number of benzene rings is 1. The zero-order valence-electron chi connectivity index (χ0n) is 9.11. The Morgan fingerprint density at radius 2 is 2.11 bits per heavy atom. The first-order chi connectivity index (χ1) is 8.63. The van der Waals surface area contributed by atoms with Gasteiger partial charge in [-0.1, -0.05) is 0 Å². The molecule has 90 valence electrons. The lowest BCUT2D eigenvalue weighted by Gasteiger charge is -1.95. The standard InChI is InChI=1S/C12H8BrFN4/c13-7-3-10-11(4-8(7)14)18-12(17-10)9-2-1-6(15)5-16-9/h1-5H,15H2,(H,17,18). The van der Waals surface area contributed by atoms with Gasteiger partial charge in [0, 0.05) is 6.07 Å². The number of anilines is 1. The zero-order chi connectivity index (χ0) is 12.7. The van der Waals surface area contributed by atoms with Crippen molar-refractivity contribution in [3.63, 3.8) is 0 Å². The summed E-state index contributed by atoms with van der Waals surface area (Å²) in [7, 11) is 0. The molecule has 0 bridgehead atoms. The molecule has 4 nitrogen and oxygen atoms in total. The Morgan fingerprint density at radius 3 is 2.83 bits per heavy atom. The van der Waals surface area contributed by atoms with Crippen LogP contribution in [0.4, 0.5) is 10.1 Å². The highest BCUT2D eigenvalue weighted by molar-refractivity contribution is 9.10. The fraction of sp³-hybridized carbons (Fsp3) is 0. The first-order valence-corrected chi connectivity index (χ1v) is 5.99. The van der Waals surface area contributed by atoms with E-state index in [0.29, 0.717) is 32.7 Å². The number of fused-ring (bicyclic) bond motifs is 1. The number of aromatic nitrogens is 3. The molecule has 2 aromatic heterocycles. The van der Waals surface area contributed by atoms with Crippen molar-refractivity contribution in [2.24, 2.45) is 0 Å². The van der Waals surface area contributed by atoms with E-state index < -0.39 is 0 Å². The number of nitrogens with one attached hydrogen (secondary N) is 1. The van der Waals surface area contributed by atoms with Crippen LogP contribution in [0.5, 0.6) is 0 Å². The van der Waals surface area contributed by atoms with Gasteiger partial charge in [0.05, 0.1) is 27.4 Å². The summed E-state index contributed by atoms with van der Waals surface area (Å²) in [6.45, 7) is 0. The lowest BCUT2D eigenvalue weighted by Crippen LogP contribution is -1.89. The molecule has 3 rings (SSSR count). The fourth-order valence-electron chi connectivity index (χ4n) is 1.67. The van der Waals surface area contributed by atoms with E-state index in [1.165, 1.54) is 6.07 Å². The summed E-state index contributed by atoms with van der Waals surface area (Å²) in [6, 6.07) is 6.53. The van der Waals surface area contributed by atoms with Gasteiger partial charge in [-0.25, -0.2) is 9.37 Å². The van der Waals surface area contributed by atoms with Crippen LogP contribution in [0.2, 0.25) is 0 Å². The van der Waals surface area contributed by atoms with E-state index in [9.17, 15) is 4.39 Å². The number of H-pyrrole nitrogens is 1. The minimum atomic E-state index is -0.331. The number of imidazole rings is 1. The quantitative estimate of drug-likeness (QED) is 0.726. The smallest absolute Gasteiger partial charge is 0.157 e. The van der Waals surface area contributed by atoms with Gasteiger partial charge in [0.2, 0.25) is 0 Å². The molecular formula is C12H8BrFN4. The minimum Gasteiger partial charge on any atom is -0.397 e. The topological polar surface area (TPSA) is 67.6 Å². The number of hydrogen-bond donors (Lipinski definition) is 2. The van der Waals surface area contributed by atoms with Gasteiger partial charge in [-0.3, -0.25) is 4.98 Å². The molecule has 3 N–H and O–H groups in total. The molecule has 0 aliphatic carbocycles. The van der Waals surface area contributed by atoms with E-state index in [0.717, 1.165) is 0 Å². The molecular weight excluding hydrogens is 299 g/mol. The molecule has 0 aliphatic rings. The Labute approximate surface area is 110 Å². The summed E-state index contributed by atoms with van der Waals surface area (Å²) in [5.74, 6) is 0.255. The Hall–Kier alpha value is -1.95. The maximum absolute atomic E-state index is 13.4. The average molecular weight is 307 g/mol. The molecule has 6 heteroatoms. The van der Waals surface area contributed by atoms with Crippen molar-refractivity contribution in [3.8, 4) is 11.5 Å². The van der Waals surface area contributed by atoms with Crippen molar-refractivity contribution in [1.82, 2.24) is 15.0 Å². The largest absolute Gasteiger partial charge is 0.397 e. The highest BCUT2D eigenvalue weighted by Gasteiger charge is 2.09. The van der Waals surface area contributed by atoms with Gasteiger partial charge in [0.1, 0.15) is 11.5 Å². The summed E-state index contributed by atoms with van der Waals surface area (Å²) >= 11 is 3.13. The SMILES string of the molecule is Nc1ccc(-c2nc3cc(Br)c(F)cc3[nH]2)nc1. The number of nitrogens with two attached hydrogens (primary N) is 1. The number of nitrogens with zero attached hydrogens (tertiary/aromatic N) is 2. The van der Waals surface area contributed by atoms with Crippen LogP contribution in [0.25, 0.3) is 22.6 Å². The Balaban J connectivity index is 2.16. The first kappa shape index (κ1) is 11.2. The van der Waals surface area contributed by atoms with Gasteiger partial charge >= 0.3 is 0 Å². The van der Waals surface area contributed by atoms with Gasteiger partial charge in [-0.15, -0.1) is 0 Å². The van der Waals surface area contributed by atoms with Crippen LogP contribution in [0.3, 0.4) is 0 Å². The van der Waals surface area contributed by atoms with Crippen LogP contribution in [0, 0.1) is 5.82 Å². The van der Waals surface area contributed by atoms with Gasteiger partial charge in [0.25, 0.3) is 0 Å². The lowest BCUT2D eigenvalue weighted by molar-refractivity contribution is 0.623. The lowest BCUT2D eigenvalue weighted by atomic mass is 10.3. The third-order valence-corrected chi connectivity index (χ3v) is 3.16. The molecule has 0 saturated heterocycles. The van der Waals surface area contributed by atoms with Crippen LogP contribution < -0.4 is 5.73 Å². The van der Waals surface area contributed by atoms with Gasteiger partial charge < -0.3 is 10.7 Å². The second-order valence-corrected chi connectivity index (χ2v) is 4.70. The van der Waals surface area contributed by atoms with E-state index in [4.69, 9.17) is 5.73 Å². The van der Waals surface area contributed by atoms with Crippen molar-refractivity contribution in [2.45, 2.75) is 0 Å². The third kappa shape index (κ3) is 1.84. The molecule has 1 aromatic carbocycles. The van der Waals surface area contributed by atoms with E-state index in [-0.39, 0.29) is 5.82 Å². The summed E-state index contributed by atoms with van der Waals surface area (Å²) in [6.07, 6.45) is 1.55. The second kappa shape index (κ2) is 4.06. The third-order valence-electron chi connectivity index (χ3n) is 2.55. The maximum Gasteiger partial charge on any atom is 0.157 e. The van der Waals surface area contributed by atoms with Crippen molar-refractivity contribution in [3.05, 3.63) is 40.8 Å². The van der Waals surface area contributed by atoms with Gasteiger partial charge in [-0.2, -0.15) is 0 Å². The Bertz CT molecular complexity index is 682. The molecule has 2 heterocycles. The number of nitrogen functional groups attached to an aromatic ring is 1. The summed E-state index contributed by atoms with van der Waals surface area (Å²) in [4.78, 5) is 11.5. The van der Waals surface area contributed by atoms with E-state index in [1.54, 1.807) is 24.4 Å². The van der Waals surface area contributed by atoms with Crippen LogP contribution >= 0.6 is 15.9 Å². The number of aromatic amines is 1. The number of hydrogen-bond acceptors (Lipinski definition) is 3. The van der Waals surface area contributed by atoms with Crippen molar-refractivity contribution >= 4 is 32.7 Å². The normalized spacial score (nSPS) is 11.0. The fourth-order valence-corrected chi connectivity index (χ4v) is 2.00. The summed E-state index contributed by atoms with van der Waals surface area (Å²) in [5.41, 5.74) is 8.13. The number of rotatable bonds is 1. The Morgan fingerprint density at radius 1 is 1.28 bits per heavy atom. The first-order valence-electron chi connectivity index (χ1n) is 5.20. The van der Waals surface area contributed by atoms with Crippen molar-refractivity contribution in [1.29, 1.82) is 0 Å². The van der Waals surface area contributed by atoms with Crippen LogP contribution in [-0.2, 0) is 0 Å².